The molecule has 1 saturated heterocycles. The van der Waals surface area contributed by atoms with Crippen molar-refractivity contribution in [2.75, 3.05) is 14.2 Å². The van der Waals surface area contributed by atoms with Gasteiger partial charge < -0.3 is 19.0 Å². The summed E-state index contributed by atoms with van der Waals surface area (Å²) in [5.41, 5.74) is 0.996. The van der Waals surface area contributed by atoms with Crippen LogP contribution >= 0.6 is 0 Å². The van der Waals surface area contributed by atoms with E-state index in [1.807, 2.05) is 30.3 Å². The van der Waals surface area contributed by atoms with Crippen molar-refractivity contribution in [3.05, 3.63) is 60.1 Å². The molecule has 2 heterocycles. The SMILES string of the molecule is COC(=O)[C@@H]1[C@H]([C@@H](O)OC)ON(Cc2ccccc2)[C@@H]1c1ccco1. The molecule has 0 saturated carbocycles. The number of ether oxygens (including phenoxy) is 2. The lowest BCUT2D eigenvalue weighted by Crippen LogP contribution is -2.38. The molecule has 1 N–H and O–H groups in total. The molecule has 134 valence electrons. The summed E-state index contributed by atoms with van der Waals surface area (Å²) < 4.78 is 15.4. The minimum absolute atomic E-state index is 0.409. The van der Waals surface area contributed by atoms with Crippen LogP contribution in [0.4, 0.5) is 0 Å². The smallest absolute Gasteiger partial charge is 0.313 e. The molecule has 2 aromatic rings. The zero-order valence-corrected chi connectivity index (χ0v) is 14.1. The maximum absolute atomic E-state index is 12.4. The van der Waals surface area contributed by atoms with Crippen LogP contribution in [0.2, 0.25) is 0 Å². The predicted molar refractivity (Wildman–Crippen MR) is 86.8 cm³/mol. The summed E-state index contributed by atoms with van der Waals surface area (Å²) in [6, 6.07) is 12.6. The number of benzene rings is 1. The van der Waals surface area contributed by atoms with Gasteiger partial charge in [-0.15, -0.1) is 0 Å². The highest BCUT2D eigenvalue weighted by atomic mass is 16.7. The topological polar surface area (TPSA) is 81.4 Å². The largest absolute Gasteiger partial charge is 0.469 e. The summed E-state index contributed by atoms with van der Waals surface area (Å²) >= 11 is 0. The second-order valence-electron chi connectivity index (χ2n) is 5.77. The van der Waals surface area contributed by atoms with E-state index in [0.29, 0.717) is 12.3 Å². The van der Waals surface area contributed by atoms with Gasteiger partial charge in [-0.05, 0) is 17.7 Å². The van der Waals surface area contributed by atoms with Crippen molar-refractivity contribution in [3.63, 3.8) is 0 Å². The summed E-state index contributed by atoms with van der Waals surface area (Å²) in [5.74, 6) is -0.745. The van der Waals surface area contributed by atoms with Gasteiger partial charge in [0.1, 0.15) is 23.8 Å². The third-order valence-electron chi connectivity index (χ3n) is 4.27. The summed E-state index contributed by atoms with van der Waals surface area (Å²) in [6.07, 6.45) is -0.650. The molecule has 0 radical (unpaired) electrons. The Balaban J connectivity index is 1.96. The van der Waals surface area contributed by atoms with E-state index in [2.05, 4.69) is 0 Å². The maximum atomic E-state index is 12.4. The molecule has 1 aliphatic heterocycles. The first-order valence-corrected chi connectivity index (χ1v) is 7.95. The Morgan fingerprint density at radius 3 is 2.60 bits per heavy atom. The normalized spacial score (nSPS) is 25.0. The monoisotopic (exact) mass is 347 g/mol. The van der Waals surface area contributed by atoms with Crippen molar-refractivity contribution in [3.8, 4) is 0 Å². The van der Waals surface area contributed by atoms with Crippen LogP contribution < -0.4 is 0 Å². The van der Waals surface area contributed by atoms with E-state index in [0.717, 1.165) is 5.56 Å². The molecule has 1 aromatic carbocycles. The number of carbonyl (C=O) groups is 1. The number of aliphatic hydroxyl groups is 1. The fourth-order valence-electron chi connectivity index (χ4n) is 3.09. The molecule has 1 aromatic heterocycles. The predicted octanol–water partition coefficient (Wildman–Crippen LogP) is 1.89. The average Bonchev–Trinajstić information content (AvgIpc) is 3.28. The van der Waals surface area contributed by atoms with Crippen LogP contribution in [-0.4, -0.2) is 42.8 Å². The van der Waals surface area contributed by atoms with Crippen LogP contribution in [0.5, 0.6) is 0 Å². The van der Waals surface area contributed by atoms with Crippen molar-refractivity contribution >= 4 is 5.97 Å². The lowest BCUT2D eigenvalue weighted by molar-refractivity contribution is -0.238. The van der Waals surface area contributed by atoms with Crippen LogP contribution in [0.3, 0.4) is 0 Å². The van der Waals surface area contributed by atoms with Gasteiger partial charge >= 0.3 is 5.97 Å². The van der Waals surface area contributed by atoms with Gasteiger partial charge in [-0.3, -0.25) is 9.63 Å². The number of hydrogen-bond acceptors (Lipinski definition) is 7. The summed E-state index contributed by atoms with van der Waals surface area (Å²) in [4.78, 5) is 18.3. The number of aliphatic hydroxyl groups excluding tert-OH is 1. The molecule has 7 nitrogen and oxygen atoms in total. The number of esters is 1. The van der Waals surface area contributed by atoms with E-state index in [4.69, 9.17) is 18.7 Å². The lowest BCUT2D eigenvalue weighted by atomic mass is 9.92. The zero-order chi connectivity index (χ0) is 17.8. The van der Waals surface area contributed by atoms with Crippen molar-refractivity contribution < 1.29 is 28.6 Å². The van der Waals surface area contributed by atoms with E-state index in [-0.39, 0.29) is 0 Å². The van der Waals surface area contributed by atoms with Gasteiger partial charge in [0, 0.05) is 13.7 Å². The second-order valence-corrected chi connectivity index (χ2v) is 5.77. The standard InChI is InChI=1S/C18H21NO6/c1-22-17(20)14-15(13-9-6-10-24-13)19(25-16(14)18(21)23-2)11-12-7-4-3-5-8-12/h3-10,14-16,18,21H,11H2,1-2H3/t14-,15+,16+,18-/m0/s1. The Morgan fingerprint density at radius 2 is 2.00 bits per heavy atom. The highest BCUT2D eigenvalue weighted by molar-refractivity contribution is 5.74. The molecule has 0 amide bonds. The summed E-state index contributed by atoms with van der Waals surface area (Å²) in [6.45, 7) is 0.409. The highest BCUT2D eigenvalue weighted by Crippen LogP contribution is 2.42. The summed E-state index contributed by atoms with van der Waals surface area (Å²) in [7, 11) is 2.65. The first-order valence-electron chi connectivity index (χ1n) is 7.95. The summed E-state index contributed by atoms with van der Waals surface area (Å²) in [5, 5.41) is 11.8. The number of hydroxylamine groups is 2. The molecule has 3 rings (SSSR count). The van der Waals surface area contributed by atoms with Gasteiger partial charge in [0.15, 0.2) is 6.29 Å². The number of furan rings is 1. The number of hydrogen-bond donors (Lipinski definition) is 1. The molecule has 7 heteroatoms. The van der Waals surface area contributed by atoms with Gasteiger partial charge in [-0.1, -0.05) is 30.3 Å². The lowest BCUT2D eigenvalue weighted by Gasteiger charge is -2.22. The van der Waals surface area contributed by atoms with E-state index in [9.17, 15) is 9.90 Å². The minimum Gasteiger partial charge on any atom is -0.469 e. The third-order valence-corrected chi connectivity index (χ3v) is 4.27. The van der Waals surface area contributed by atoms with E-state index in [1.54, 1.807) is 17.2 Å². The molecule has 1 fully saturated rings. The highest BCUT2D eigenvalue weighted by Gasteiger charge is 2.53. The average molecular weight is 347 g/mol. The van der Waals surface area contributed by atoms with Crippen LogP contribution in [0, 0.1) is 5.92 Å². The first kappa shape index (κ1) is 17.6. The van der Waals surface area contributed by atoms with Crippen LogP contribution in [-0.2, 0) is 25.7 Å². The molecule has 4 atom stereocenters. The second kappa shape index (κ2) is 7.79. The van der Waals surface area contributed by atoms with Crippen molar-refractivity contribution in [1.29, 1.82) is 0 Å². The number of carbonyl (C=O) groups excluding carboxylic acids is 1. The molecule has 0 spiro atoms. The van der Waals surface area contributed by atoms with Gasteiger partial charge in [0.2, 0.25) is 0 Å². The molecular weight excluding hydrogens is 326 g/mol. The zero-order valence-electron chi connectivity index (χ0n) is 14.1. The minimum atomic E-state index is -1.28. The first-order chi connectivity index (χ1) is 12.2. The van der Waals surface area contributed by atoms with Crippen LogP contribution in [0.1, 0.15) is 17.4 Å². The molecule has 0 bridgehead atoms. The van der Waals surface area contributed by atoms with Crippen LogP contribution in [0.15, 0.2) is 53.1 Å². The fraction of sp³-hybridized carbons (Fsp3) is 0.389. The Kier molecular flexibility index (Phi) is 5.50. The van der Waals surface area contributed by atoms with Crippen molar-refractivity contribution in [2.45, 2.75) is 25.0 Å². The molecule has 25 heavy (non-hydrogen) atoms. The van der Waals surface area contributed by atoms with Gasteiger partial charge in [-0.2, -0.15) is 5.06 Å². The van der Waals surface area contributed by atoms with Crippen LogP contribution in [0.25, 0.3) is 0 Å². The third kappa shape index (κ3) is 3.59. The number of rotatable bonds is 6. The molecular formula is C18H21NO6. The van der Waals surface area contributed by atoms with E-state index < -0.39 is 30.3 Å². The molecule has 0 unspecified atom stereocenters. The van der Waals surface area contributed by atoms with E-state index >= 15 is 0 Å². The number of nitrogens with zero attached hydrogens (tertiary/aromatic N) is 1. The van der Waals surface area contributed by atoms with E-state index in [1.165, 1.54) is 20.5 Å². The molecule has 1 aliphatic rings. The van der Waals surface area contributed by atoms with Gasteiger partial charge in [0.05, 0.1) is 13.4 Å². The molecule has 0 aliphatic carbocycles. The Labute approximate surface area is 145 Å². The van der Waals surface area contributed by atoms with Crippen molar-refractivity contribution in [2.24, 2.45) is 5.92 Å². The Hall–Kier alpha value is -2.19. The van der Waals surface area contributed by atoms with Gasteiger partial charge in [-0.25, -0.2) is 0 Å². The quantitative estimate of drug-likeness (QED) is 0.631. The maximum Gasteiger partial charge on any atom is 0.313 e. The Bertz CT molecular complexity index is 674. The Morgan fingerprint density at radius 1 is 1.24 bits per heavy atom. The number of methoxy groups -OCH3 is 2. The fourth-order valence-corrected chi connectivity index (χ4v) is 3.09. The van der Waals surface area contributed by atoms with Gasteiger partial charge in [0.25, 0.3) is 0 Å². The van der Waals surface area contributed by atoms with Crippen molar-refractivity contribution in [1.82, 2.24) is 5.06 Å².